The molecule has 1 heteroatoms. The molecule has 0 aliphatic heterocycles. The molecule has 0 heterocycles. The topological polar surface area (TPSA) is 0 Å². The minimum absolute atomic E-state index is 1.04. The molecule has 46 valence electrons. The fourth-order valence-corrected chi connectivity index (χ4v) is 0.609. The van der Waals surface area contributed by atoms with Crippen molar-refractivity contribution in [1.82, 2.24) is 0 Å². The van der Waals surface area contributed by atoms with Gasteiger partial charge in [-0.1, -0.05) is 41.1 Å². The first-order valence-electron chi connectivity index (χ1n) is 2.82. The first-order valence-corrected chi connectivity index (χ1v) is 3.73. The minimum Gasteiger partial charge on any atom is -0.0885 e. The van der Waals surface area contributed by atoms with E-state index >= 15 is 0 Å². The van der Waals surface area contributed by atoms with Crippen LogP contribution in [0.3, 0.4) is 0 Å². The Hall–Kier alpha value is -0.0400. The Morgan fingerprint density at radius 3 is 2.50 bits per heavy atom. The molecule has 0 aromatic rings. The molecule has 0 atom stereocenters. The summed E-state index contributed by atoms with van der Waals surface area (Å²) >= 11 is 3.19. The smallest absolute Gasteiger partial charge is 0.0161 e. The summed E-state index contributed by atoms with van der Waals surface area (Å²) in [5.41, 5.74) is 0. The molecule has 0 spiro atoms. The Kier molecular flexibility index (Phi) is 6.93. The van der Waals surface area contributed by atoms with E-state index in [1.54, 1.807) is 0 Å². The highest BCUT2D eigenvalue weighted by Crippen LogP contribution is 1.90. The average molecular weight is 175 g/mol. The molecule has 0 saturated carbocycles. The third-order valence-corrected chi connectivity index (χ3v) is 1.14. The van der Waals surface area contributed by atoms with Crippen LogP contribution in [0.4, 0.5) is 0 Å². The average Bonchev–Trinajstić information content (AvgIpc) is 1.81. The van der Waals surface area contributed by atoms with E-state index in [0.717, 1.165) is 12.8 Å². The number of rotatable bonds is 3. The van der Waals surface area contributed by atoms with E-state index in [1.165, 1.54) is 0 Å². The van der Waals surface area contributed by atoms with E-state index in [4.69, 9.17) is 0 Å². The molecule has 0 aromatic carbocycles. The van der Waals surface area contributed by atoms with E-state index in [2.05, 4.69) is 41.1 Å². The molecule has 0 bridgehead atoms. The maximum absolute atomic E-state index is 3.19. The van der Waals surface area contributed by atoms with E-state index < -0.39 is 0 Å². The molecule has 0 radical (unpaired) electrons. The van der Waals surface area contributed by atoms with E-state index in [9.17, 15) is 0 Å². The van der Waals surface area contributed by atoms with Gasteiger partial charge in [-0.05, 0) is 17.8 Å². The molecule has 0 fully saturated rings. The third kappa shape index (κ3) is 5.96. The lowest BCUT2D eigenvalue weighted by molar-refractivity contribution is 1.20. The number of allylic oxidation sites excluding steroid dienone is 3. The largest absolute Gasteiger partial charge is 0.0885 e. The normalized spacial score (nSPS) is 11.8. The van der Waals surface area contributed by atoms with Gasteiger partial charge < -0.3 is 0 Å². The molecule has 0 amide bonds. The second kappa shape index (κ2) is 6.96. The van der Waals surface area contributed by atoms with Crippen LogP contribution in [0.1, 0.15) is 19.8 Å². The van der Waals surface area contributed by atoms with Gasteiger partial charge in [-0.2, -0.15) is 0 Å². The summed E-state index contributed by atoms with van der Waals surface area (Å²) < 4.78 is 0. The molecule has 0 N–H and O–H groups in total. The number of hydrogen-bond donors (Lipinski definition) is 0. The van der Waals surface area contributed by atoms with Gasteiger partial charge in [-0.15, -0.1) is 0 Å². The van der Waals surface area contributed by atoms with Crippen molar-refractivity contribution in [1.29, 1.82) is 0 Å². The maximum Gasteiger partial charge on any atom is -0.0161 e. The van der Waals surface area contributed by atoms with Crippen LogP contribution < -0.4 is 0 Å². The van der Waals surface area contributed by atoms with E-state index in [0.29, 0.717) is 0 Å². The van der Waals surface area contributed by atoms with Crippen LogP contribution in [0, 0.1) is 0 Å². The van der Waals surface area contributed by atoms with Crippen LogP contribution in [0.5, 0.6) is 0 Å². The van der Waals surface area contributed by atoms with Gasteiger partial charge >= 0.3 is 0 Å². The molecular weight excluding hydrogens is 164 g/mol. The van der Waals surface area contributed by atoms with Gasteiger partial charge in [-0.25, -0.2) is 0 Å². The first kappa shape index (κ1) is 7.96. The van der Waals surface area contributed by atoms with Gasteiger partial charge in [0.15, 0.2) is 0 Å². The van der Waals surface area contributed by atoms with Crippen LogP contribution in [0.2, 0.25) is 0 Å². The monoisotopic (exact) mass is 174 g/mol. The quantitative estimate of drug-likeness (QED) is 0.577. The van der Waals surface area contributed by atoms with Gasteiger partial charge in [0.25, 0.3) is 0 Å². The molecule has 0 aliphatic carbocycles. The van der Waals surface area contributed by atoms with Crippen LogP contribution in [0.15, 0.2) is 23.2 Å². The highest BCUT2D eigenvalue weighted by Gasteiger charge is 1.66. The second-order valence-corrected chi connectivity index (χ2v) is 2.01. The zero-order valence-electron chi connectivity index (χ0n) is 5.10. The summed E-state index contributed by atoms with van der Waals surface area (Å²) in [6, 6.07) is 0. The molecule has 0 saturated heterocycles. The summed E-state index contributed by atoms with van der Waals surface area (Å²) in [6.45, 7) is 2.13. The van der Waals surface area contributed by atoms with Crippen LogP contribution >= 0.6 is 15.9 Å². The zero-order valence-corrected chi connectivity index (χ0v) is 6.69. The Morgan fingerprint density at radius 1 is 1.25 bits per heavy atom. The van der Waals surface area contributed by atoms with E-state index in [1.807, 2.05) is 4.99 Å². The second-order valence-electron chi connectivity index (χ2n) is 1.48. The molecule has 0 aliphatic rings. The van der Waals surface area contributed by atoms with Crippen molar-refractivity contribution in [3.63, 3.8) is 0 Å². The van der Waals surface area contributed by atoms with Crippen LogP contribution in [0.25, 0.3) is 0 Å². The third-order valence-electron chi connectivity index (χ3n) is 0.764. The van der Waals surface area contributed by atoms with Crippen molar-refractivity contribution in [2.24, 2.45) is 0 Å². The summed E-state index contributed by atoms with van der Waals surface area (Å²) in [7, 11) is 0. The Morgan fingerprint density at radius 2 is 2.00 bits per heavy atom. The lowest BCUT2D eigenvalue weighted by Gasteiger charge is -1.76. The predicted octanol–water partition coefficient (Wildman–Crippen LogP) is 3.25. The van der Waals surface area contributed by atoms with Crippen molar-refractivity contribution >= 4 is 15.9 Å². The first-order chi connectivity index (χ1) is 3.91. The molecule has 8 heavy (non-hydrogen) atoms. The molecule has 0 unspecified atom stereocenters. The summed E-state index contributed by atoms with van der Waals surface area (Å²) in [5.74, 6) is 0. The van der Waals surface area contributed by atoms with Crippen molar-refractivity contribution in [3.05, 3.63) is 23.2 Å². The fraction of sp³-hybridized carbons (Fsp3) is 0.429. The zero-order chi connectivity index (χ0) is 6.24. The summed E-state index contributed by atoms with van der Waals surface area (Å²) in [6.07, 6.45) is 8.55. The van der Waals surface area contributed by atoms with Gasteiger partial charge in [-0.3, -0.25) is 0 Å². The Bertz CT molecular complexity index is 82.4. The van der Waals surface area contributed by atoms with Crippen molar-refractivity contribution in [3.8, 4) is 0 Å². The van der Waals surface area contributed by atoms with E-state index in [-0.39, 0.29) is 0 Å². The van der Waals surface area contributed by atoms with Crippen molar-refractivity contribution in [2.75, 3.05) is 0 Å². The van der Waals surface area contributed by atoms with Gasteiger partial charge in [0.1, 0.15) is 0 Å². The van der Waals surface area contributed by atoms with Gasteiger partial charge in [0, 0.05) is 0 Å². The van der Waals surface area contributed by atoms with Gasteiger partial charge in [0.05, 0.1) is 0 Å². The minimum atomic E-state index is 1.04. The summed E-state index contributed by atoms with van der Waals surface area (Å²) in [4.78, 5) is 1.88. The predicted molar refractivity (Wildman–Crippen MR) is 42.1 cm³/mol. The molecule has 0 rings (SSSR count). The van der Waals surface area contributed by atoms with Crippen LogP contribution in [-0.4, -0.2) is 0 Å². The lowest BCUT2D eigenvalue weighted by atomic mass is 10.3. The summed E-state index contributed by atoms with van der Waals surface area (Å²) in [5, 5.41) is 0. The molecular formula is C7H11Br. The van der Waals surface area contributed by atoms with Gasteiger partial charge in [0.2, 0.25) is 0 Å². The lowest BCUT2D eigenvalue weighted by Crippen LogP contribution is -1.55. The number of halogens is 1. The molecule has 0 nitrogen and oxygen atoms in total. The number of hydrogen-bond acceptors (Lipinski definition) is 0. The highest BCUT2D eigenvalue weighted by atomic mass is 79.9. The SMILES string of the molecule is CC/C=C\C/C=C\Br. The van der Waals surface area contributed by atoms with Crippen LogP contribution in [-0.2, 0) is 0 Å². The van der Waals surface area contributed by atoms with Crippen molar-refractivity contribution in [2.45, 2.75) is 19.8 Å². The fourth-order valence-electron chi connectivity index (χ4n) is 0.393. The standard InChI is InChI=1S/C7H11Br/c1-2-3-4-5-6-7-8/h3-4,6-7H,2,5H2,1H3/b4-3-,7-6-. The van der Waals surface area contributed by atoms with Crippen molar-refractivity contribution < 1.29 is 0 Å². The Labute approximate surface area is 59.4 Å². The highest BCUT2D eigenvalue weighted by molar-refractivity contribution is 9.11. The Balaban J connectivity index is 3.03. The molecule has 0 aromatic heterocycles. The maximum atomic E-state index is 3.19.